The lowest BCUT2D eigenvalue weighted by Gasteiger charge is -1.98. The molecule has 0 saturated carbocycles. The Kier molecular flexibility index (Phi) is 1.54. The van der Waals surface area contributed by atoms with Crippen molar-refractivity contribution in [1.29, 1.82) is 4.78 Å². The van der Waals surface area contributed by atoms with Gasteiger partial charge in [0, 0.05) is 0 Å². The molecule has 8 heteroatoms. The minimum absolute atomic E-state index is 0.0477. The van der Waals surface area contributed by atoms with Crippen LogP contribution in [-0.2, 0) is 10.0 Å². The monoisotopic (exact) mass is 200 g/mol. The fraction of sp³-hybridized carbons (Fsp3) is 0. The second-order valence-electron chi connectivity index (χ2n) is 2.26. The molecule has 2 aliphatic heterocycles. The van der Waals surface area contributed by atoms with Gasteiger partial charge in [-0.1, -0.05) is 5.10 Å². The Balaban J connectivity index is 2.70. The molecule has 7 nitrogen and oxygen atoms in total. The molecule has 1 unspecified atom stereocenters. The van der Waals surface area contributed by atoms with Crippen LogP contribution in [0.4, 0.5) is 0 Å². The van der Waals surface area contributed by atoms with Gasteiger partial charge in [-0.2, -0.15) is 0 Å². The van der Waals surface area contributed by atoms with E-state index >= 15 is 0 Å². The quantitative estimate of drug-likeness (QED) is 0.690. The molecule has 0 amide bonds. The molecular formula is C5H4N4O3S. The summed E-state index contributed by atoms with van der Waals surface area (Å²) in [6, 6.07) is 2.62. The molecule has 0 aliphatic carbocycles. The average molecular weight is 200 g/mol. The lowest BCUT2D eigenvalue weighted by atomic mass is 10.4. The molecule has 0 bridgehead atoms. The summed E-state index contributed by atoms with van der Waals surface area (Å²) >= 11 is 0. The summed E-state index contributed by atoms with van der Waals surface area (Å²) < 4.78 is 31.3. The molecule has 2 aliphatic rings. The van der Waals surface area contributed by atoms with Crippen LogP contribution < -0.4 is 0 Å². The van der Waals surface area contributed by atoms with Crippen molar-refractivity contribution < 1.29 is 13.2 Å². The molecule has 68 valence electrons. The van der Waals surface area contributed by atoms with Crippen LogP contribution >= 0.6 is 0 Å². The van der Waals surface area contributed by atoms with E-state index in [0.29, 0.717) is 5.69 Å². The normalized spacial score (nSPS) is 15.8. The van der Waals surface area contributed by atoms with Gasteiger partial charge in [0.25, 0.3) is 5.89 Å². The first-order chi connectivity index (χ1) is 6.07. The van der Waals surface area contributed by atoms with Crippen LogP contribution in [0.25, 0.3) is 11.6 Å². The van der Waals surface area contributed by atoms with Crippen molar-refractivity contribution in [3.63, 3.8) is 0 Å². The molecule has 0 saturated heterocycles. The summed E-state index contributed by atoms with van der Waals surface area (Å²) in [5, 5.41) is 9.93. The topological polar surface area (TPSA) is 113 Å². The zero-order valence-corrected chi connectivity index (χ0v) is 6.98. The molecule has 2 heterocycles. The number of rotatable bonds is 1. The molecule has 0 spiro atoms. The van der Waals surface area contributed by atoms with Gasteiger partial charge in [-0.3, -0.25) is 4.55 Å². The Morgan fingerprint density at radius 2 is 2.23 bits per heavy atom. The van der Waals surface area contributed by atoms with E-state index in [9.17, 15) is 4.21 Å². The molecule has 0 radical (unpaired) electrons. The summed E-state index contributed by atoms with van der Waals surface area (Å²) in [5.41, 5.74) is 0.382. The van der Waals surface area contributed by atoms with Gasteiger partial charge in [0.1, 0.15) is 0 Å². The van der Waals surface area contributed by atoms with Gasteiger partial charge in [-0.25, -0.2) is 8.99 Å². The molecule has 0 aromatic rings. The van der Waals surface area contributed by atoms with Crippen molar-refractivity contribution in [2.45, 2.75) is 5.09 Å². The number of nitrogens with zero attached hydrogens (tertiary/aromatic N) is 3. The summed E-state index contributed by atoms with van der Waals surface area (Å²) in [5.74, 6) is 0.0477. The van der Waals surface area contributed by atoms with E-state index < -0.39 is 10.0 Å². The molecular weight excluding hydrogens is 196 g/mol. The fourth-order valence-electron chi connectivity index (χ4n) is 0.807. The van der Waals surface area contributed by atoms with Crippen molar-refractivity contribution in [2.75, 3.05) is 0 Å². The van der Waals surface area contributed by atoms with Crippen LogP contribution in [0.5, 0.6) is 0 Å². The Bertz CT molecular complexity index is 504. The Hall–Kier alpha value is -1.54. The highest BCUT2D eigenvalue weighted by molar-refractivity contribution is 7.86. The highest BCUT2D eigenvalue weighted by Gasteiger charge is 2.15. The fourth-order valence-corrected chi connectivity index (χ4v) is 1.25. The smallest absolute Gasteiger partial charge is 0.269 e. The first-order valence-electron chi connectivity index (χ1n) is 3.17. The van der Waals surface area contributed by atoms with Gasteiger partial charge in [0.05, 0.1) is 0 Å². The molecule has 2 N–H and O–H groups in total. The summed E-state index contributed by atoms with van der Waals surface area (Å²) in [7, 11) is -3.83. The van der Waals surface area contributed by atoms with E-state index in [1.54, 1.807) is 0 Å². The lowest BCUT2D eigenvalue weighted by molar-refractivity contribution is 0.420. The lowest BCUT2D eigenvalue weighted by Crippen LogP contribution is -1.96. The largest absolute Gasteiger partial charge is 0.423 e. The van der Waals surface area contributed by atoms with Gasteiger partial charge in [0.15, 0.2) is 5.69 Å². The maximum Gasteiger partial charge on any atom is 0.269 e. The number of hydrogen-bond donors (Lipinski definition) is 2. The van der Waals surface area contributed by atoms with Gasteiger partial charge in [-0.05, 0) is 17.3 Å². The molecule has 1 atom stereocenters. The number of fused-ring (bicyclic) bond motifs is 1. The standard InChI is InChI=1S/C5H4N4O3S/c6-13(10,11)4-2-1-3-5(12-4)8-9-7-3/h1-2H,(H2,6,10,11). The van der Waals surface area contributed by atoms with E-state index in [1.807, 2.05) is 0 Å². The highest BCUT2D eigenvalue weighted by Crippen LogP contribution is 2.19. The Morgan fingerprint density at radius 1 is 1.46 bits per heavy atom. The van der Waals surface area contributed by atoms with Crippen molar-refractivity contribution >= 4 is 10.0 Å². The first kappa shape index (κ1) is 8.08. The SMILES string of the molecule is N=S(=O)(O)c1ccc2nnnc-2o1. The maximum absolute atomic E-state index is 10.8. The van der Waals surface area contributed by atoms with Crippen molar-refractivity contribution in [2.24, 2.45) is 0 Å². The number of hydrogen-bond acceptors (Lipinski definition) is 6. The molecule has 0 aromatic carbocycles. The third kappa shape index (κ3) is 1.36. The van der Waals surface area contributed by atoms with Gasteiger partial charge < -0.3 is 4.42 Å². The zero-order valence-electron chi connectivity index (χ0n) is 6.17. The van der Waals surface area contributed by atoms with Crippen LogP contribution in [-0.4, -0.2) is 24.2 Å². The van der Waals surface area contributed by atoms with E-state index in [0.717, 1.165) is 0 Å². The minimum Gasteiger partial charge on any atom is -0.423 e. The summed E-state index contributed by atoms with van der Waals surface area (Å²) in [4.78, 5) is 0. The minimum atomic E-state index is -3.83. The third-order valence-corrected chi connectivity index (χ3v) is 2.12. The molecule has 0 aromatic heterocycles. The van der Waals surface area contributed by atoms with Gasteiger partial charge >= 0.3 is 0 Å². The predicted octanol–water partition coefficient (Wildman–Crippen LogP) is 0.448. The van der Waals surface area contributed by atoms with E-state index in [2.05, 4.69) is 15.4 Å². The Labute approximate surface area is 72.9 Å². The van der Waals surface area contributed by atoms with Crippen LogP contribution in [0.15, 0.2) is 21.6 Å². The van der Waals surface area contributed by atoms with Crippen LogP contribution in [0.3, 0.4) is 0 Å². The van der Waals surface area contributed by atoms with E-state index in [-0.39, 0.29) is 11.0 Å². The number of nitrogens with one attached hydrogen (secondary N) is 1. The molecule has 13 heavy (non-hydrogen) atoms. The number of aromatic nitrogens is 3. The first-order valence-corrected chi connectivity index (χ1v) is 4.69. The van der Waals surface area contributed by atoms with Crippen LogP contribution in [0.1, 0.15) is 0 Å². The van der Waals surface area contributed by atoms with Gasteiger partial charge in [0.2, 0.25) is 15.1 Å². The molecule has 0 fully saturated rings. The van der Waals surface area contributed by atoms with Crippen LogP contribution in [0, 0.1) is 4.78 Å². The summed E-state index contributed by atoms with van der Waals surface area (Å²) in [6.45, 7) is 0. The highest BCUT2D eigenvalue weighted by atomic mass is 32.2. The predicted molar refractivity (Wildman–Crippen MR) is 40.5 cm³/mol. The average Bonchev–Trinajstić information content (AvgIpc) is 2.47. The van der Waals surface area contributed by atoms with Gasteiger partial charge in [-0.15, -0.1) is 5.10 Å². The second kappa shape index (κ2) is 2.47. The molecule has 2 rings (SSSR count). The summed E-state index contributed by atoms with van der Waals surface area (Å²) in [6.07, 6.45) is 0. The Morgan fingerprint density at radius 3 is 2.92 bits per heavy atom. The second-order valence-corrected chi connectivity index (χ2v) is 3.71. The van der Waals surface area contributed by atoms with Crippen molar-refractivity contribution in [1.82, 2.24) is 15.4 Å². The van der Waals surface area contributed by atoms with Crippen molar-refractivity contribution in [3.8, 4) is 11.6 Å². The maximum atomic E-state index is 10.8. The van der Waals surface area contributed by atoms with E-state index in [4.69, 9.17) is 13.7 Å². The zero-order chi connectivity index (χ0) is 9.47. The van der Waals surface area contributed by atoms with Crippen LogP contribution in [0.2, 0.25) is 0 Å². The third-order valence-electron chi connectivity index (χ3n) is 1.35. The van der Waals surface area contributed by atoms with Crippen molar-refractivity contribution in [3.05, 3.63) is 12.1 Å². The van der Waals surface area contributed by atoms with E-state index in [1.165, 1.54) is 12.1 Å².